The predicted octanol–water partition coefficient (Wildman–Crippen LogP) is 2.80. The van der Waals surface area contributed by atoms with Crippen LogP contribution >= 0.6 is 0 Å². The number of aryl methyl sites for hydroxylation is 1. The van der Waals surface area contributed by atoms with E-state index in [1.54, 1.807) is 25.1 Å². The highest BCUT2D eigenvalue weighted by atomic mass is 16.6. The van der Waals surface area contributed by atoms with Crippen LogP contribution < -0.4 is 11.1 Å². The number of carboxylic acids is 1. The van der Waals surface area contributed by atoms with Crippen molar-refractivity contribution in [1.29, 1.82) is 0 Å². The highest BCUT2D eigenvalue weighted by Gasteiger charge is 2.12. The summed E-state index contributed by atoms with van der Waals surface area (Å²) in [4.78, 5) is 21.3. The number of nitrogens with two attached hydrogens (primary N) is 1. The zero-order valence-corrected chi connectivity index (χ0v) is 11.9. The summed E-state index contributed by atoms with van der Waals surface area (Å²) in [6.45, 7) is 2.08. The van der Waals surface area contributed by atoms with Crippen molar-refractivity contribution in [1.82, 2.24) is 0 Å². The molecule has 2 aromatic carbocycles. The topological polar surface area (TPSA) is 118 Å². The summed E-state index contributed by atoms with van der Waals surface area (Å²) < 4.78 is 0. The van der Waals surface area contributed by atoms with Crippen molar-refractivity contribution in [3.05, 3.63) is 63.2 Å². The number of hydrogen-bond acceptors (Lipinski definition) is 5. The van der Waals surface area contributed by atoms with Crippen molar-refractivity contribution in [3.8, 4) is 0 Å². The molecule has 0 unspecified atom stereocenters. The van der Waals surface area contributed by atoms with Crippen LogP contribution in [-0.4, -0.2) is 16.0 Å². The molecular weight excluding hydrogens is 286 g/mol. The van der Waals surface area contributed by atoms with Gasteiger partial charge in [0.1, 0.15) is 0 Å². The van der Waals surface area contributed by atoms with E-state index in [9.17, 15) is 14.9 Å². The molecule has 114 valence electrons. The lowest BCUT2D eigenvalue weighted by Crippen LogP contribution is -2.09. The summed E-state index contributed by atoms with van der Waals surface area (Å²) in [5.41, 5.74) is 8.23. The standard InChI is InChI=1S/C15H15N3O4/c1-9-7-11(18(21)22)5-6-13(9)17-8-10-3-2-4-12(14(10)16)15(19)20/h2-7,17H,8,16H2,1H3,(H,19,20). The van der Waals surface area contributed by atoms with Gasteiger partial charge < -0.3 is 16.2 Å². The summed E-state index contributed by atoms with van der Waals surface area (Å²) >= 11 is 0. The monoisotopic (exact) mass is 301 g/mol. The number of benzene rings is 2. The van der Waals surface area contributed by atoms with Gasteiger partial charge in [-0.25, -0.2) is 4.79 Å². The average Bonchev–Trinajstić information content (AvgIpc) is 2.46. The third kappa shape index (κ3) is 3.14. The quantitative estimate of drug-likeness (QED) is 0.444. The molecule has 0 radical (unpaired) electrons. The number of nitrogen functional groups attached to an aromatic ring is 1. The Morgan fingerprint density at radius 2 is 2.09 bits per heavy atom. The minimum atomic E-state index is -1.08. The molecule has 22 heavy (non-hydrogen) atoms. The number of nitro groups is 1. The van der Waals surface area contributed by atoms with E-state index in [1.807, 2.05) is 0 Å². The fourth-order valence-corrected chi connectivity index (χ4v) is 2.10. The molecule has 0 aliphatic rings. The van der Waals surface area contributed by atoms with Gasteiger partial charge in [0.25, 0.3) is 5.69 Å². The van der Waals surface area contributed by atoms with Crippen molar-refractivity contribution in [3.63, 3.8) is 0 Å². The number of nitrogens with zero attached hydrogens (tertiary/aromatic N) is 1. The molecule has 0 amide bonds. The number of carbonyl (C=O) groups is 1. The van der Waals surface area contributed by atoms with Crippen LogP contribution in [0.15, 0.2) is 36.4 Å². The summed E-state index contributed by atoms with van der Waals surface area (Å²) in [6, 6.07) is 9.30. The van der Waals surface area contributed by atoms with Crippen LogP contribution in [0.1, 0.15) is 21.5 Å². The normalized spacial score (nSPS) is 10.2. The van der Waals surface area contributed by atoms with Gasteiger partial charge in [-0.15, -0.1) is 0 Å². The van der Waals surface area contributed by atoms with Crippen LogP contribution in [0, 0.1) is 17.0 Å². The number of carboxylic acid groups (broad SMARTS) is 1. The molecule has 2 aromatic rings. The smallest absolute Gasteiger partial charge is 0.337 e. The Hall–Kier alpha value is -3.09. The second kappa shape index (κ2) is 6.13. The molecule has 0 saturated heterocycles. The minimum absolute atomic E-state index is 0.0236. The van der Waals surface area contributed by atoms with Gasteiger partial charge in [-0.05, 0) is 30.2 Å². The summed E-state index contributed by atoms with van der Waals surface area (Å²) in [6.07, 6.45) is 0. The Morgan fingerprint density at radius 1 is 1.36 bits per heavy atom. The van der Waals surface area contributed by atoms with Crippen molar-refractivity contribution < 1.29 is 14.8 Å². The first-order valence-corrected chi connectivity index (χ1v) is 6.49. The molecule has 0 aliphatic carbocycles. The van der Waals surface area contributed by atoms with Crippen LogP contribution in [0.2, 0.25) is 0 Å². The van der Waals surface area contributed by atoms with E-state index in [2.05, 4.69) is 5.32 Å². The lowest BCUT2D eigenvalue weighted by atomic mass is 10.1. The molecule has 0 atom stereocenters. The zero-order valence-electron chi connectivity index (χ0n) is 11.9. The Balaban J connectivity index is 2.19. The average molecular weight is 301 g/mol. The van der Waals surface area contributed by atoms with Gasteiger partial charge in [0, 0.05) is 24.4 Å². The van der Waals surface area contributed by atoms with E-state index in [4.69, 9.17) is 10.8 Å². The number of nitro benzene ring substituents is 1. The van der Waals surface area contributed by atoms with E-state index < -0.39 is 10.9 Å². The molecule has 0 aliphatic heterocycles. The second-order valence-corrected chi connectivity index (χ2v) is 4.79. The fraction of sp³-hybridized carbons (Fsp3) is 0.133. The molecule has 7 heteroatoms. The van der Waals surface area contributed by atoms with Gasteiger partial charge in [-0.1, -0.05) is 12.1 Å². The first-order chi connectivity index (χ1) is 10.4. The maximum absolute atomic E-state index is 11.0. The maximum Gasteiger partial charge on any atom is 0.337 e. The number of hydrogen-bond donors (Lipinski definition) is 3. The molecule has 7 nitrogen and oxygen atoms in total. The van der Waals surface area contributed by atoms with Crippen molar-refractivity contribution >= 4 is 23.0 Å². The SMILES string of the molecule is Cc1cc([N+](=O)[O-])ccc1NCc1cccc(C(=O)O)c1N. The van der Waals surface area contributed by atoms with Gasteiger partial charge in [-0.3, -0.25) is 10.1 Å². The van der Waals surface area contributed by atoms with Gasteiger partial charge in [0.2, 0.25) is 0 Å². The Morgan fingerprint density at radius 3 is 2.68 bits per heavy atom. The molecule has 0 aromatic heterocycles. The maximum atomic E-state index is 11.0. The number of aromatic carboxylic acids is 1. The van der Waals surface area contributed by atoms with Crippen LogP contribution in [0.5, 0.6) is 0 Å². The number of rotatable bonds is 5. The largest absolute Gasteiger partial charge is 0.478 e. The molecule has 2 rings (SSSR count). The first-order valence-electron chi connectivity index (χ1n) is 6.49. The van der Waals surface area contributed by atoms with Crippen LogP contribution in [0.25, 0.3) is 0 Å². The summed E-state index contributed by atoms with van der Waals surface area (Å²) in [7, 11) is 0. The second-order valence-electron chi connectivity index (χ2n) is 4.79. The molecule has 0 spiro atoms. The van der Waals surface area contributed by atoms with Gasteiger partial charge in [0.05, 0.1) is 16.2 Å². The Kier molecular flexibility index (Phi) is 4.26. The predicted molar refractivity (Wildman–Crippen MR) is 83.0 cm³/mol. The van der Waals surface area contributed by atoms with Crippen molar-refractivity contribution in [2.75, 3.05) is 11.1 Å². The zero-order chi connectivity index (χ0) is 16.3. The number of nitrogens with one attached hydrogen (secondary N) is 1. The third-order valence-electron chi connectivity index (χ3n) is 3.32. The summed E-state index contributed by atoms with van der Waals surface area (Å²) in [5, 5.41) is 22.8. The van der Waals surface area contributed by atoms with Crippen molar-refractivity contribution in [2.24, 2.45) is 0 Å². The van der Waals surface area contributed by atoms with Gasteiger partial charge in [-0.2, -0.15) is 0 Å². The van der Waals surface area contributed by atoms with Gasteiger partial charge in [0.15, 0.2) is 0 Å². The molecule has 0 saturated carbocycles. The molecule has 0 fully saturated rings. The van der Waals surface area contributed by atoms with Crippen molar-refractivity contribution in [2.45, 2.75) is 13.5 Å². The highest BCUT2D eigenvalue weighted by molar-refractivity contribution is 5.94. The van der Waals surface area contributed by atoms with E-state index in [1.165, 1.54) is 18.2 Å². The summed E-state index contributed by atoms with van der Waals surface area (Å²) in [5.74, 6) is -1.08. The first kappa shape index (κ1) is 15.3. The van der Waals surface area contributed by atoms with Crippen LogP contribution in [0.3, 0.4) is 0 Å². The van der Waals surface area contributed by atoms with E-state index in [0.29, 0.717) is 12.1 Å². The van der Waals surface area contributed by atoms with Gasteiger partial charge >= 0.3 is 5.97 Å². The van der Waals surface area contributed by atoms with Crippen LogP contribution in [-0.2, 0) is 6.54 Å². The molecule has 0 heterocycles. The van der Waals surface area contributed by atoms with E-state index in [-0.39, 0.29) is 16.9 Å². The fourth-order valence-electron chi connectivity index (χ4n) is 2.10. The number of anilines is 2. The number of para-hydroxylation sites is 1. The third-order valence-corrected chi connectivity index (χ3v) is 3.32. The lowest BCUT2D eigenvalue weighted by molar-refractivity contribution is -0.384. The Labute approximate surface area is 126 Å². The van der Waals surface area contributed by atoms with E-state index >= 15 is 0 Å². The molecule has 4 N–H and O–H groups in total. The van der Waals surface area contributed by atoms with Crippen LogP contribution in [0.4, 0.5) is 17.1 Å². The van der Waals surface area contributed by atoms with E-state index in [0.717, 1.165) is 11.3 Å². The lowest BCUT2D eigenvalue weighted by Gasteiger charge is -2.12. The number of non-ortho nitro benzene ring substituents is 1. The Bertz CT molecular complexity index is 744. The molecule has 0 bridgehead atoms. The minimum Gasteiger partial charge on any atom is -0.478 e. The molecular formula is C15H15N3O4. The highest BCUT2D eigenvalue weighted by Crippen LogP contribution is 2.23.